The number of hydrogen-bond donors (Lipinski definition) is 3. The average Bonchev–Trinajstić information content (AvgIpc) is 3.11. The SMILES string of the molecule is C[C@@H](NC(=O)C1(c2ccc(N)cc2)CC1)C(=O)O. The minimum Gasteiger partial charge on any atom is -0.480 e. The van der Waals surface area contributed by atoms with E-state index < -0.39 is 17.4 Å². The molecule has 1 saturated carbocycles. The lowest BCUT2D eigenvalue weighted by atomic mass is 9.94. The van der Waals surface area contributed by atoms with Crippen LogP contribution in [0.2, 0.25) is 0 Å². The van der Waals surface area contributed by atoms with E-state index >= 15 is 0 Å². The molecule has 0 aliphatic heterocycles. The van der Waals surface area contributed by atoms with Gasteiger partial charge in [-0.1, -0.05) is 12.1 Å². The molecule has 1 aliphatic carbocycles. The molecule has 1 fully saturated rings. The van der Waals surface area contributed by atoms with Crippen LogP contribution in [0.1, 0.15) is 25.3 Å². The van der Waals surface area contributed by atoms with Crippen molar-refractivity contribution in [2.24, 2.45) is 0 Å². The lowest BCUT2D eigenvalue weighted by molar-refractivity contribution is -0.141. The van der Waals surface area contributed by atoms with Crippen LogP contribution in [-0.2, 0) is 15.0 Å². The van der Waals surface area contributed by atoms with Gasteiger partial charge in [0.1, 0.15) is 6.04 Å². The summed E-state index contributed by atoms with van der Waals surface area (Å²) in [5, 5.41) is 11.3. The highest BCUT2D eigenvalue weighted by Gasteiger charge is 2.51. The van der Waals surface area contributed by atoms with Crippen molar-refractivity contribution >= 4 is 17.6 Å². The first-order valence-corrected chi connectivity index (χ1v) is 5.85. The Balaban J connectivity index is 2.14. The van der Waals surface area contributed by atoms with Crippen molar-refractivity contribution in [3.63, 3.8) is 0 Å². The maximum atomic E-state index is 12.1. The first kappa shape index (κ1) is 12.4. The van der Waals surface area contributed by atoms with Crippen molar-refractivity contribution in [3.05, 3.63) is 29.8 Å². The zero-order chi connectivity index (χ0) is 13.3. The van der Waals surface area contributed by atoms with Gasteiger partial charge in [0.15, 0.2) is 0 Å². The molecule has 5 nitrogen and oxygen atoms in total. The van der Waals surface area contributed by atoms with E-state index in [1.54, 1.807) is 12.1 Å². The highest BCUT2D eigenvalue weighted by molar-refractivity contribution is 5.93. The maximum Gasteiger partial charge on any atom is 0.325 e. The fourth-order valence-electron chi connectivity index (χ4n) is 1.97. The van der Waals surface area contributed by atoms with Gasteiger partial charge in [-0.15, -0.1) is 0 Å². The molecule has 0 bridgehead atoms. The number of amides is 1. The lowest BCUT2D eigenvalue weighted by Gasteiger charge is -2.18. The number of hydrogen-bond acceptors (Lipinski definition) is 3. The van der Waals surface area contributed by atoms with Crippen molar-refractivity contribution in [2.75, 3.05) is 5.73 Å². The Labute approximate surface area is 105 Å². The Hall–Kier alpha value is -2.04. The van der Waals surface area contributed by atoms with Gasteiger partial charge < -0.3 is 16.2 Å². The summed E-state index contributed by atoms with van der Waals surface area (Å²) in [6.45, 7) is 1.46. The summed E-state index contributed by atoms with van der Waals surface area (Å²) >= 11 is 0. The fraction of sp³-hybridized carbons (Fsp3) is 0.385. The van der Waals surface area contributed by atoms with E-state index in [1.165, 1.54) is 6.92 Å². The smallest absolute Gasteiger partial charge is 0.325 e. The van der Waals surface area contributed by atoms with Gasteiger partial charge in [0, 0.05) is 5.69 Å². The van der Waals surface area contributed by atoms with Crippen LogP contribution in [0, 0.1) is 0 Å². The molecule has 1 amide bonds. The number of rotatable bonds is 4. The second-order valence-corrected chi connectivity index (χ2v) is 4.74. The maximum absolute atomic E-state index is 12.1. The third-order valence-electron chi connectivity index (χ3n) is 3.37. The van der Waals surface area contributed by atoms with Crippen molar-refractivity contribution < 1.29 is 14.7 Å². The first-order chi connectivity index (χ1) is 8.45. The predicted octanol–water partition coefficient (Wildman–Crippen LogP) is 0.890. The summed E-state index contributed by atoms with van der Waals surface area (Å²) in [4.78, 5) is 22.9. The average molecular weight is 248 g/mol. The van der Waals surface area contributed by atoms with Crippen LogP contribution in [0.4, 0.5) is 5.69 Å². The third-order valence-corrected chi connectivity index (χ3v) is 3.37. The van der Waals surface area contributed by atoms with Gasteiger partial charge in [-0.3, -0.25) is 9.59 Å². The molecule has 96 valence electrons. The van der Waals surface area contributed by atoms with Crippen LogP contribution in [0.5, 0.6) is 0 Å². The normalized spacial score (nSPS) is 17.8. The molecule has 0 aromatic heterocycles. The number of carbonyl (C=O) groups excluding carboxylic acids is 1. The van der Waals surface area contributed by atoms with Gasteiger partial charge in [-0.05, 0) is 37.5 Å². The largest absolute Gasteiger partial charge is 0.480 e. The summed E-state index contributed by atoms with van der Waals surface area (Å²) in [6, 6.07) is 6.29. The fourth-order valence-corrected chi connectivity index (χ4v) is 1.97. The Bertz CT molecular complexity index is 478. The van der Waals surface area contributed by atoms with Crippen LogP contribution in [0.25, 0.3) is 0 Å². The molecule has 5 heteroatoms. The second-order valence-electron chi connectivity index (χ2n) is 4.74. The van der Waals surface area contributed by atoms with E-state index in [-0.39, 0.29) is 5.91 Å². The molecule has 1 aromatic carbocycles. The van der Waals surface area contributed by atoms with Gasteiger partial charge in [-0.25, -0.2) is 0 Å². The van der Waals surface area contributed by atoms with Gasteiger partial charge in [0.05, 0.1) is 5.41 Å². The minimum atomic E-state index is -1.03. The van der Waals surface area contributed by atoms with Crippen molar-refractivity contribution in [2.45, 2.75) is 31.2 Å². The molecule has 0 radical (unpaired) electrons. The minimum absolute atomic E-state index is 0.220. The van der Waals surface area contributed by atoms with E-state index in [2.05, 4.69) is 5.32 Å². The molecular formula is C13H16N2O3. The van der Waals surface area contributed by atoms with Crippen LogP contribution < -0.4 is 11.1 Å². The zero-order valence-electron chi connectivity index (χ0n) is 10.1. The number of carboxylic acid groups (broad SMARTS) is 1. The number of aliphatic carboxylic acids is 1. The van der Waals surface area contributed by atoms with Crippen molar-refractivity contribution in [1.82, 2.24) is 5.32 Å². The number of nitrogens with two attached hydrogens (primary N) is 1. The molecule has 1 atom stereocenters. The zero-order valence-corrected chi connectivity index (χ0v) is 10.1. The van der Waals surface area contributed by atoms with Crippen molar-refractivity contribution in [3.8, 4) is 0 Å². The topological polar surface area (TPSA) is 92.4 Å². The number of anilines is 1. The standard InChI is InChI=1S/C13H16N2O3/c1-8(11(16)17)15-12(18)13(6-7-13)9-2-4-10(14)5-3-9/h2-5,8H,6-7,14H2,1H3,(H,15,18)(H,16,17)/t8-/m1/s1. The highest BCUT2D eigenvalue weighted by atomic mass is 16.4. The molecule has 1 aromatic rings. The number of carboxylic acids is 1. The van der Waals surface area contributed by atoms with E-state index in [0.29, 0.717) is 5.69 Å². The van der Waals surface area contributed by atoms with Gasteiger partial charge in [-0.2, -0.15) is 0 Å². The number of nitrogen functional groups attached to an aromatic ring is 1. The van der Waals surface area contributed by atoms with Gasteiger partial charge in [0.25, 0.3) is 0 Å². The summed E-state index contributed by atoms with van der Waals surface area (Å²) in [7, 11) is 0. The van der Waals surface area contributed by atoms with Crippen LogP contribution in [0.3, 0.4) is 0 Å². The molecular weight excluding hydrogens is 232 g/mol. The first-order valence-electron chi connectivity index (χ1n) is 5.85. The van der Waals surface area contributed by atoms with E-state index in [0.717, 1.165) is 18.4 Å². The molecule has 0 heterocycles. The van der Waals surface area contributed by atoms with Crippen LogP contribution in [-0.4, -0.2) is 23.0 Å². The molecule has 18 heavy (non-hydrogen) atoms. The van der Waals surface area contributed by atoms with Crippen LogP contribution in [0.15, 0.2) is 24.3 Å². The van der Waals surface area contributed by atoms with Gasteiger partial charge >= 0.3 is 5.97 Å². The monoisotopic (exact) mass is 248 g/mol. The summed E-state index contributed by atoms with van der Waals surface area (Å²) < 4.78 is 0. The summed E-state index contributed by atoms with van der Waals surface area (Å²) in [6.07, 6.45) is 1.49. The quantitative estimate of drug-likeness (QED) is 0.690. The number of benzene rings is 1. The Morgan fingerprint density at radius 1 is 1.33 bits per heavy atom. The summed E-state index contributed by atoms with van der Waals surface area (Å²) in [5.74, 6) is -1.25. The Kier molecular flexibility index (Phi) is 2.98. The number of carbonyl (C=O) groups is 2. The highest BCUT2D eigenvalue weighted by Crippen LogP contribution is 2.48. The van der Waals surface area contributed by atoms with Crippen molar-refractivity contribution in [1.29, 1.82) is 0 Å². The molecule has 4 N–H and O–H groups in total. The Morgan fingerprint density at radius 2 is 1.89 bits per heavy atom. The predicted molar refractivity (Wildman–Crippen MR) is 67.0 cm³/mol. The molecule has 1 aliphatic rings. The van der Waals surface area contributed by atoms with Crippen LogP contribution >= 0.6 is 0 Å². The van der Waals surface area contributed by atoms with E-state index in [4.69, 9.17) is 10.8 Å². The Morgan fingerprint density at radius 3 is 2.33 bits per heavy atom. The molecule has 0 saturated heterocycles. The second kappa shape index (κ2) is 4.33. The molecule has 0 unspecified atom stereocenters. The van der Waals surface area contributed by atoms with E-state index in [1.807, 2.05) is 12.1 Å². The van der Waals surface area contributed by atoms with Gasteiger partial charge in [0.2, 0.25) is 5.91 Å². The summed E-state index contributed by atoms with van der Waals surface area (Å²) in [5.41, 5.74) is 6.59. The molecule has 0 spiro atoms. The molecule has 2 rings (SSSR count). The third kappa shape index (κ3) is 2.16. The lowest BCUT2D eigenvalue weighted by Crippen LogP contribution is -2.43. The van der Waals surface area contributed by atoms with E-state index in [9.17, 15) is 9.59 Å². The number of nitrogens with one attached hydrogen (secondary N) is 1.